The van der Waals surface area contributed by atoms with E-state index in [0.29, 0.717) is 32.6 Å². The van der Waals surface area contributed by atoms with E-state index in [-0.39, 0.29) is 41.6 Å². The van der Waals surface area contributed by atoms with Crippen LogP contribution in [0, 0.1) is 11.7 Å². The monoisotopic (exact) mass is 422 g/mol. The molecule has 2 amide bonds. The number of rotatable bonds is 4. The molecule has 0 radical (unpaired) electrons. The van der Waals surface area contributed by atoms with Crippen molar-refractivity contribution in [2.45, 2.75) is 30.8 Å². The first kappa shape index (κ1) is 20.2. The fourth-order valence-corrected chi connectivity index (χ4v) is 4.77. The normalized spacial score (nSPS) is 27.9. The van der Waals surface area contributed by atoms with E-state index < -0.39 is 0 Å². The second-order valence-corrected chi connectivity index (χ2v) is 8.69. The Morgan fingerprint density at radius 3 is 2.10 bits per heavy atom. The largest absolute Gasteiger partial charge is 0.339 e. The third kappa shape index (κ3) is 4.20. The van der Waals surface area contributed by atoms with Gasteiger partial charge in [-0.1, -0.05) is 42.5 Å². The van der Waals surface area contributed by atoms with Gasteiger partial charge in [0.05, 0.1) is 0 Å². The first-order valence-electron chi connectivity index (χ1n) is 11.0. The zero-order valence-electron chi connectivity index (χ0n) is 17.3. The van der Waals surface area contributed by atoms with Gasteiger partial charge in [0.1, 0.15) is 11.9 Å². The number of hydrazine groups is 1. The van der Waals surface area contributed by atoms with Crippen molar-refractivity contribution in [1.82, 2.24) is 20.7 Å². The van der Waals surface area contributed by atoms with Crippen LogP contribution in [0.4, 0.5) is 4.39 Å². The zero-order valence-corrected chi connectivity index (χ0v) is 17.3. The molecule has 7 heteroatoms. The average Bonchev–Trinajstić information content (AvgIpc) is 3.46. The summed E-state index contributed by atoms with van der Waals surface area (Å²) in [6, 6.07) is 16.4. The molecule has 5 rings (SSSR count). The number of halogens is 1. The maximum Gasteiger partial charge on any atom is 0.241 e. The summed E-state index contributed by atoms with van der Waals surface area (Å²) in [5.41, 5.74) is 8.57. The minimum absolute atomic E-state index is 0.0138. The van der Waals surface area contributed by atoms with E-state index in [9.17, 15) is 14.0 Å². The second kappa shape index (κ2) is 8.40. The molecule has 1 aliphatic carbocycles. The number of amides is 2. The molecule has 3 fully saturated rings. The van der Waals surface area contributed by atoms with Crippen LogP contribution < -0.4 is 10.9 Å². The summed E-state index contributed by atoms with van der Waals surface area (Å²) in [5.74, 6) is 0.173. The van der Waals surface area contributed by atoms with Crippen LogP contribution in [0.2, 0.25) is 0 Å². The van der Waals surface area contributed by atoms with Gasteiger partial charge in [0, 0.05) is 38.1 Å². The van der Waals surface area contributed by atoms with Crippen molar-refractivity contribution >= 4 is 11.8 Å². The molecule has 2 aromatic carbocycles. The van der Waals surface area contributed by atoms with Gasteiger partial charge in [0.2, 0.25) is 11.8 Å². The van der Waals surface area contributed by atoms with Crippen molar-refractivity contribution in [2.24, 2.45) is 5.92 Å². The number of hydrogen-bond acceptors (Lipinski definition) is 4. The van der Waals surface area contributed by atoms with Crippen molar-refractivity contribution < 1.29 is 14.0 Å². The van der Waals surface area contributed by atoms with Gasteiger partial charge in [-0.05, 0) is 42.0 Å². The first-order chi connectivity index (χ1) is 15.1. The molecule has 4 atom stereocenters. The van der Waals surface area contributed by atoms with Crippen molar-refractivity contribution in [3.05, 3.63) is 71.5 Å². The van der Waals surface area contributed by atoms with E-state index in [4.69, 9.17) is 0 Å². The van der Waals surface area contributed by atoms with Crippen LogP contribution in [0.1, 0.15) is 35.9 Å². The molecule has 162 valence electrons. The average molecular weight is 423 g/mol. The van der Waals surface area contributed by atoms with Gasteiger partial charge in [0.15, 0.2) is 0 Å². The Hall–Kier alpha value is -2.77. The summed E-state index contributed by atoms with van der Waals surface area (Å²) < 4.78 is 13.1. The number of piperazine rings is 1. The molecule has 1 saturated carbocycles. The summed E-state index contributed by atoms with van der Waals surface area (Å²) >= 11 is 0. The third-order valence-corrected chi connectivity index (χ3v) is 6.71. The molecule has 0 aromatic heterocycles. The van der Waals surface area contributed by atoms with Crippen LogP contribution in [0.25, 0.3) is 0 Å². The highest BCUT2D eigenvalue weighted by Crippen LogP contribution is 2.48. The fourth-order valence-electron chi connectivity index (χ4n) is 4.77. The van der Waals surface area contributed by atoms with Crippen LogP contribution in [0.15, 0.2) is 54.6 Å². The van der Waals surface area contributed by atoms with Gasteiger partial charge in [-0.25, -0.2) is 15.2 Å². The fraction of sp³-hybridized carbons (Fsp3) is 0.417. The lowest BCUT2D eigenvalue weighted by molar-refractivity contribution is -0.141. The van der Waals surface area contributed by atoms with Gasteiger partial charge in [0.25, 0.3) is 0 Å². The minimum Gasteiger partial charge on any atom is -0.339 e. The van der Waals surface area contributed by atoms with E-state index in [0.717, 1.165) is 12.0 Å². The molecule has 2 heterocycles. The van der Waals surface area contributed by atoms with E-state index in [1.54, 1.807) is 12.1 Å². The summed E-state index contributed by atoms with van der Waals surface area (Å²) in [6.45, 7) is 2.26. The molecule has 2 aliphatic heterocycles. The lowest BCUT2D eigenvalue weighted by Crippen LogP contribution is -2.55. The van der Waals surface area contributed by atoms with Gasteiger partial charge in [-0.15, -0.1) is 0 Å². The van der Waals surface area contributed by atoms with Crippen molar-refractivity contribution in [1.29, 1.82) is 0 Å². The second-order valence-electron chi connectivity index (χ2n) is 8.69. The molecular weight excluding hydrogens is 395 g/mol. The molecule has 3 aliphatic rings. The molecule has 4 unspecified atom stereocenters. The predicted octanol–water partition coefficient (Wildman–Crippen LogP) is 2.21. The topological polar surface area (TPSA) is 64.7 Å². The smallest absolute Gasteiger partial charge is 0.241 e. The van der Waals surface area contributed by atoms with Gasteiger partial charge >= 0.3 is 0 Å². The number of carbonyl (C=O) groups is 2. The maximum atomic E-state index is 13.1. The number of benzene rings is 2. The number of nitrogens with zero attached hydrogens (tertiary/aromatic N) is 2. The summed E-state index contributed by atoms with van der Waals surface area (Å²) in [6.07, 6.45) is 1.53. The lowest BCUT2D eigenvalue weighted by Gasteiger charge is -2.36. The highest BCUT2D eigenvalue weighted by molar-refractivity contribution is 5.84. The minimum atomic E-state index is -0.255. The molecule has 2 saturated heterocycles. The van der Waals surface area contributed by atoms with Crippen molar-refractivity contribution in [2.75, 3.05) is 26.2 Å². The highest BCUT2D eigenvalue weighted by Gasteiger charge is 2.46. The Kier molecular flexibility index (Phi) is 5.46. The molecule has 2 N–H and O–H groups in total. The third-order valence-electron chi connectivity index (χ3n) is 6.71. The van der Waals surface area contributed by atoms with Gasteiger partial charge in [-0.3, -0.25) is 9.59 Å². The van der Waals surface area contributed by atoms with Crippen LogP contribution in [-0.4, -0.2) is 53.8 Å². The zero-order chi connectivity index (χ0) is 21.4. The van der Waals surface area contributed by atoms with Crippen LogP contribution in [0.3, 0.4) is 0 Å². The Morgan fingerprint density at radius 2 is 1.42 bits per heavy atom. The molecule has 0 bridgehead atoms. The number of carbonyl (C=O) groups excluding carboxylic acids is 2. The molecule has 31 heavy (non-hydrogen) atoms. The van der Waals surface area contributed by atoms with E-state index in [1.807, 2.05) is 28.0 Å². The maximum absolute atomic E-state index is 13.1. The lowest BCUT2D eigenvalue weighted by atomic mass is 10.0. The number of nitrogens with one attached hydrogen (secondary N) is 2. The Labute approximate surface area is 181 Å². The van der Waals surface area contributed by atoms with E-state index in [2.05, 4.69) is 23.0 Å². The SMILES string of the molecule is O=C(C1CC(c2ccccc2)NN1)N1CCN(C(=O)C2CC2c2ccc(F)cc2)CC1. The summed E-state index contributed by atoms with van der Waals surface area (Å²) in [4.78, 5) is 29.6. The van der Waals surface area contributed by atoms with Crippen LogP contribution >= 0.6 is 0 Å². The highest BCUT2D eigenvalue weighted by atomic mass is 19.1. The van der Waals surface area contributed by atoms with Crippen molar-refractivity contribution in [3.63, 3.8) is 0 Å². The molecular formula is C24H27FN4O2. The molecule has 6 nitrogen and oxygen atoms in total. The standard InChI is InChI=1S/C24H27FN4O2/c25-18-8-6-16(7-9-18)19-14-20(19)23(30)28-10-12-29(13-11-28)24(31)22-15-21(26-27-22)17-4-2-1-3-5-17/h1-9,19-22,26-27H,10-15H2. The van der Waals surface area contributed by atoms with E-state index in [1.165, 1.54) is 17.7 Å². The molecule has 0 spiro atoms. The predicted molar refractivity (Wildman–Crippen MR) is 114 cm³/mol. The Morgan fingerprint density at radius 1 is 0.774 bits per heavy atom. The Bertz CT molecular complexity index is 944. The first-order valence-corrected chi connectivity index (χ1v) is 11.0. The quantitative estimate of drug-likeness (QED) is 0.793. The Balaban J connectivity index is 1.11. The van der Waals surface area contributed by atoms with Gasteiger partial charge < -0.3 is 9.80 Å². The van der Waals surface area contributed by atoms with Crippen LogP contribution in [-0.2, 0) is 9.59 Å². The van der Waals surface area contributed by atoms with Crippen molar-refractivity contribution in [3.8, 4) is 0 Å². The van der Waals surface area contributed by atoms with Crippen LogP contribution in [0.5, 0.6) is 0 Å². The van der Waals surface area contributed by atoms with E-state index >= 15 is 0 Å². The molecule has 2 aromatic rings. The summed E-state index contributed by atoms with van der Waals surface area (Å²) in [5, 5.41) is 0. The number of hydrogen-bond donors (Lipinski definition) is 2. The van der Waals surface area contributed by atoms with Gasteiger partial charge in [-0.2, -0.15) is 0 Å². The summed E-state index contributed by atoms with van der Waals surface area (Å²) in [7, 11) is 0.